The molecule has 0 fully saturated rings. The highest BCUT2D eigenvalue weighted by Crippen LogP contribution is 2.12. The summed E-state index contributed by atoms with van der Waals surface area (Å²) in [5.74, 6) is 0.554. The summed E-state index contributed by atoms with van der Waals surface area (Å²) in [7, 11) is 0. The van der Waals surface area contributed by atoms with Crippen LogP contribution in [-0.2, 0) is 6.42 Å². The Morgan fingerprint density at radius 1 is 1.46 bits per heavy atom. The molecule has 0 radical (unpaired) electrons. The lowest BCUT2D eigenvalue weighted by Crippen LogP contribution is -2.03. The van der Waals surface area contributed by atoms with Crippen molar-refractivity contribution in [3.8, 4) is 0 Å². The van der Waals surface area contributed by atoms with Gasteiger partial charge < -0.3 is 10.7 Å². The average Bonchev–Trinajstić information content (AvgIpc) is 2.46. The Kier molecular flexibility index (Phi) is 1.98. The zero-order valence-electron chi connectivity index (χ0n) is 7.05. The van der Waals surface area contributed by atoms with Gasteiger partial charge in [-0.2, -0.15) is 0 Å². The van der Waals surface area contributed by atoms with E-state index in [1.54, 1.807) is 6.07 Å². The summed E-state index contributed by atoms with van der Waals surface area (Å²) in [6, 6.07) is 4.49. The summed E-state index contributed by atoms with van der Waals surface area (Å²) in [5.41, 5.74) is 6.89. The van der Waals surface area contributed by atoms with Gasteiger partial charge in [-0.05, 0) is 24.7 Å². The second-order valence-corrected chi connectivity index (χ2v) is 2.88. The number of nitrogens with two attached hydrogens (primary N) is 1. The zero-order valence-corrected chi connectivity index (χ0v) is 7.05. The highest BCUT2D eigenvalue weighted by Gasteiger charge is 2.02. The maximum atomic E-state index is 12.8. The van der Waals surface area contributed by atoms with Gasteiger partial charge in [0.1, 0.15) is 11.6 Å². The van der Waals surface area contributed by atoms with E-state index in [1.807, 2.05) is 0 Å². The lowest BCUT2D eigenvalue weighted by Gasteiger charge is -1.87. The quantitative estimate of drug-likeness (QED) is 0.727. The van der Waals surface area contributed by atoms with Gasteiger partial charge in [0, 0.05) is 6.42 Å². The number of aromatic amines is 1. The minimum absolute atomic E-state index is 0.254. The molecule has 0 saturated heterocycles. The van der Waals surface area contributed by atoms with E-state index < -0.39 is 0 Å². The van der Waals surface area contributed by atoms with Gasteiger partial charge in [0.15, 0.2) is 0 Å². The molecule has 0 amide bonds. The van der Waals surface area contributed by atoms with Gasteiger partial charge in [-0.1, -0.05) is 0 Å². The third kappa shape index (κ3) is 1.53. The van der Waals surface area contributed by atoms with Gasteiger partial charge in [0.2, 0.25) is 0 Å². The number of aromatic nitrogens is 2. The summed E-state index contributed by atoms with van der Waals surface area (Å²) in [6.07, 6.45) is 0.691. The molecule has 0 aliphatic rings. The molecule has 0 atom stereocenters. The summed E-state index contributed by atoms with van der Waals surface area (Å²) >= 11 is 0. The summed E-state index contributed by atoms with van der Waals surface area (Å²) in [5, 5.41) is 0. The molecule has 2 aromatic rings. The smallest absolute Gasteiger partial charge is 0.125 e. The first kappa shape index (κ1) is 8.19. The second kappa shape index (κ2) is 3.14. The Balaban J connectivity index is 2.49. The highest BCUT2D eigenvalue weighted by atomic mass is 19.1. The van der Waals surface area contributed by atoms with E-state index in [-0.39, 0.29) is 5.82 Å². The van der Waals surface area contributed by atoms with Crippen molar-refractivity contribution in [1.29, 1.82) is 0 Å². The fourth-order valence-electron chi connectivity index (χ4n) is 1.29. The van der Waals surface area contributed by atoms with Gasteiger partial charge in [0.25, 0.3) is 0 Å². The van der Waals surface area contributed by atoms with Crippen LogP contribution >= 0.6 is 0 Å². The lowest BCUT2D eigenvalue weighted by molar-refractivity contribution is 0.629. The molecule has 4 heteroatoms. The van der Waals surface area contributed by atoms with Crippen LogP contribution in [-0.4, -0.2) is 16.5 Å². The first-order chi connectivity index (χ1) is 6.29. The third-order valence-electron chi connectivity index (χ3n) is 1.87. The minimum atomic E-state index is -0.254. The first-order valence-electron chi connectivity index (χ1n) is 4.14. The van der Waals surface area contributed by atoms with E-state index in [4.69, 9.17) is 5.73 Å². The summed E-state index contributed by atoms with van der Waals surface area (Å²) in [4.78, 5) is 7.25. The van der Waals surface area contributed by atoms with Crippen LogP contribution in [0.15, 0.2) is 18.2 Å². The van der Waals surface area contributed by atoms with Crippen LogP contribution in [0.5, 0.6) is 0 Å². The van der Waals surface area contributed by atoms with Gasteiger partial charge in [-0.3, -0.25) is 0 Å². The number of fused-ring (bicyclic) bond motifs is 1. The fraction of sp³-hybridized carbons (Fsp3) is 0.222. The molecule has 3 nitrogen and oxygen atoms in total. The van der Waals surface area contributed by atoms with Crippen molar-refractivity contribution in [2.45, 2.75) is 6.42 Å². The van der Waals surface area contributed by atoms with Crippen LogP contribution in [0, 0.1) is 5.82 Å². The van der Waals surface area contributed by atoms with Crippen LogP contribution in [0.1, 0.15) is 5.82 Å². The van der Waals surface area contributed by atoms with E-state index in [9.17, 15) is 4.39 Å². The number of hydrogen-bond acceptors (Lipinski definition) is 2. The first-order valence-corrected chi connectivity index (χ1v) is 4.14. The third-order valence-corrected chi connectivity index (χ3v) is 1.87. The molecule has 1 heterocycles. The molecule has 2 rings (SSSR count). The molecule has 68 valence electrons. The minimum Gasteiger partial charge on any atom is -0.342 e. The molecule has 0 saturated carbocycles. The Morgan fingerprint density at radius 2 is 2.31 bits per heavy atom. The summed E-state index contributed by atoms with van der Waals surface area (Å²) < 4.78 is 12.8. The van der Waals surface area contributed by atoms with Crippen LogP contribution in [0.2, 0.25) is 0 Å². The fourth-order valence-corrected chi connectivity index (χ4v) is 1.29. The zero-order chi connectivity index (χ0) is 9.26. The summed E-state index contributed by atoms with van der Waals surface area (Å²) in [6.45, 7) is 0.544. The Morgan fingerprint density at radius 3 is 3.08 bits per heavy atom. The topological polar surface area (TPSA) is 54.7 Å². The van der Waals surface area contributed by atoms with Crippen molar-refractivity contribution in [1.82, 2.24) is 9.97 Å². The standard InChI is InChI=1S/C9H10FN3/c10-6-1-2-7-8(5-6)13-9(12-7)3-4-11/h1-2,5H,3-4,11H2,(H,12,13). The van der Waals surface area contributed by atoms with Crippen LogP contribution in [0.25, 0.3) is 11.0 Å². The largest absolute Gasteiger partial charge is 0.342 e. The van der Waals surface area contributed by atoms with Gasteiger partial charge >= 0.3 is 0 Å². The van der Waals surface area contributed by atoms with Crippen molar-refractivity contribution in [2.75, 3.05) is 6.54 Å². The molecule has 1 aromatic carbocycles. The monoisotopic (exact) mass is 179 g/mol. The molecule has 0 aliphatic carbocycles. The molecule has 13 heavy (non-hydrogen) atoms. The number of rotatable bonds is 2. The van der Waals surface area contributed by atoms with Crippen molar-refractivity contribution in [3.63, 3.8) is 0 Å². The predicted molar refractivity (Wildman–Crippen MR) is 48.8 cm³/mol. The van der Waals surface area contributed by atoms with Crippen molar-refractivity contribution in [2.24, 2.45) is 5.73 Å². The van der Waals surface area contributed by atoms with Crippen molar-refractivity contribution in [3.05, 3.63) is 29.8 Å². The molecule has 0 bridgehead atoms. The second-order valence-electron chi connectivity index (χ2n) is 2.88. The van der Waals surface area contributed by atoms with E-state index in [0.29, 0.717) is 13.0 Å². The van der Waals surface area contributed by atoms with Crippen LogP contribution in [0.4, 0.5) is 4.39 Å². The molecule has 0 unspecified atom stereocenters. The molecule has 0 spiro atoms. The van der Waals surface area contributed by atoms with Crippen LogP contribution in [0.3, 0.4) is 0 Å². The van der Waals surface area contributed by atoms with E-state index >= 15 is 0 Å². The van der Waals surface area contributed by atoms with Crippen molar-refractivity contribution < 1.29 is 4.39 Å². The normalized spacial score (nSPS) is 10.9. The number of halogens is 1. The molecule has 1 aromatic heterocycles. The van der Waals surface area contributed by atoms with Gasteiger partial charge in [0.05, 0.1) is 11.0 Å². The number of nitrogens with one attached hydrogen (secondary N) is 1. The highest BCUT2D eigenvalue weighted by molar-refractivity contribution is 5.74. The molecule has 0 aliphatic heterocycles. The van der Waals surface area contributed by atoms with Crippen molar-refractivity contribution >= 4 is 11.0 Å². The van der Waals surface area contributed by atoms with E-state index in [2.05, 4.69) is 9.97 Å². The SMILES string of the molecule is NCCc1nc2ccc(F)cc2[nH]1. The number of H-pyrrole nitrogens is 1. The predicted octanol–water partition coefficient (Wildman–Crippen LogP) is 1.20. The average molecular weight is 179 g/mol. The van der Waals surface area contributed by atoms with Gasteiger partial charge in [-0.25, -0.2) is 9.37 Å². The van der Waals surface area contributed by atoms with E-state index in [0.717, 1.165) is 16.9 Å². The van der Waals surface area contributed by atoms with Gasteiger partial charge in [-0.15, -0.1) is 0 Å². The molecular formula is C9H10FN3. The van der Waals surface area contributed by atoms with Crippen LogP contribution < -0.4 is 5.73 Å². The molecule has 3 N–H and O–H groups in total. The lowest BCUT2D eigenvalue weighted by atomic mass is 10.3. The molecular weight excluding hydrogens is 169 g/mol. The number of nitrogens with zero attached hydrogens (tertiary/aromatic N) is 1. The maximum Gasteiger partial charge on any atom is 0.125 e. The number of imidazole rings is 1. The number of benzene rings is 1. The number of hydrogen-bond donors (Lipinski definition) is 2. The Labute approximate surface area is 74.8 Å². The van der Waals surface area contributed by atoms with E-state index in [1.165, 1.54) is 12.1 Å². The Bertz CT molecular complexity index is 422. The maximum absolute atomic E-state index is 12.8. The Hall–Kier alpha value is -1.42.